The van der Waals surface area contributed by atoms with Crippen LogP contribution in [0.1, 0.15) is 50.2 Å². The van der Waals surface area contributed by atoms with Crippen molar-refractivity contribution < 1.29 is 34.8 Å². The Bertz CT molecular complexity index is 1220. The first-order valence-corrected chi connectivity index (χ1v) is 12.7. The molecule has 1 amide bonds. The summed E-state index contributed by atoms with van der Waals surface area (Å²) in [6.45, 7) is 2.83. The Morgan fingerprint density at radius 1 is 1.16 bits per heavy atom. The van der Waals surface area contributed by atoms with Gasteiger partial charge in [0.05, 0.1) is 11.6 Å². The minimum Gasteiger partial charge on any atom is -0.508 e. The highest BCUT2D eigenvalue weighted by Crippen LogP contribution is 2.53. The lowest BCUT2D eigenvalue weighted by molar-refractivity contribution is -0.153. The number of nitrogens with one attached hydrogen (secondary N) is 1. The fourth-order valence-corrected chi connectivity index (χ4v) is 6.18. The minimum absolute atomic E-state index is 0.0668. The summed E-state index contributed by atoms with van der Waals surface area (Å²) >= 11 is 0. The molecule has 200 valence electrons. The molecule has 37 heavy (non-hydrogen) atoms. The average molecular weight is 514 g/mol. The van der Waals surface area contributed by atoms with Crippen molar-refractivity contribution >= 4 is 28.9 Å². The van der Waals surface area contributed by atoms with Crippen molar-refractivity contribution in [3.8, 4) is 5.75 Å². The third-order valence-corrected chi connectivity index (χ3v) is 7.95. The van der Waals surface area contributed by atoms with Gasteiger partial charge in [-0.3, -0.25) is 19.3 Å². The maximum Gasteiger partial charge on any atom is 0.255 e. The molecule has 10 heteroatoms. The Hall–Kier alpha value is -3.37. The number of carbonyl (C=O) groups excluding carboxylic acids is 3. The van der Waals surface area contributed by atoms with Gasteiger partial charge in [-0.15, -0.1) is 0 Å². The normalized spacial score (nSPS) is 27.2. The maximum atomic E-state index is 13.8. The molecule has 7 N–H and O–H groups in total. The number of hydrogen-bond donors (Lipinski definition) is 6. The number of nitrogens with two attached hydrogens (primary N) is 1. The third-order valence-electron chi connectivity index (χ3n) is 7.95. The molecular weight excluding hydrogens is 478 g/mol. The van der Waals surface area contributed by atoms with Gasteiger partial charge in [-0.25, -0.2) is 0 Å². The van der Waals surface area contributed by atoms with Gasteiger partial charge < -0.3 is 31.5 Å². The van der Waals surface area contributed by atoms with Crippen LogP contribution in [0.3, 0.4) is 0 Å². The topological polar surface area (TPSA) is 173 Å². The average Bonchev–Trinajstić information content (AvgIpc) is 2.82. The van der Waals surface area contributed by atoms with Gasteiger partial charge in [-0.1, -0.05) is 26.2 Å². The summed E-state index contributed by atoms with van der Waals surface area (Å²) in [6.07, 6.45) is 4.59. The van der Waals surface area contributed by atoms with E-state index in [9.17, 15) is 34.8 Å². The van der Waals surface area contributed by atoms with E-state index in [-0.39, 0.29) is 29.7 Å². The number of rotatable bonds is 8. The van der Waals surface area contributed by atoms with Gasteiger partial charge in [-0.2, -0.15) is 0 Å². The molecular formula is C27H35N3O7. The first-order valence-electron chi connectivity index (χ1n) is 12.7. The van der Waals surface area contributed by atoms with Crippen molar-refractivity contribution in [2.45, 2.75) is 57.1 Å². The summed E-state index contributed by atoms with van der Waals surface area (Å²) in [7, 11) is 3.15. The SMILES string of the molecule is CCCCCCNc1ccc(O)c2c1C[C@H]1C[C@H]3[C@H](N(C)C)C(=O)C(C(N)=O)=C(O)[C@@]3(O)C(=O)C1=C2O. The molecule has 1 fully saturated rings. The van der Waals surface area contributed by atoms with E-state index >= 15 is 0 Å². The summed E-state index contributed by atoms with van der Waals surface area (Å²) in [6, 6.07) is 2.06. The number of anilines is 1. The summed E-state index contributed by atoms with van der Waals surface area (Å²) < 4.78 is 0. The summed E-state index contributed by atoms with van der Waals surface area (Å²) in [5, 5.41) is 47.7. The van der Waals surface area contributed by atoms with Crippen LogP contribution >= 0.6 is 0 Å². The lowest BCUT2D eigenvalue weighted by atomic mass is 9.57. The van der Waals surface area contributed by atoms with E-state index < -0.39 is 58.0 Å². The largest absolute Gasteiger partial charge is 0.508 e. The summed E-state index contributed by atoms with van der Waals surface area (Å²) in [4.78, 5) is 40.5. The van der Waals surface area contributed by atoms with E-state index in [1.54, 1.807) is 20.2 Å². The number of primary amides is 1. The van der Waals surface area contributed by atoms with Crippen molar-refractivity contribution in [2.75, 3.05) is 26.0 Å². The van der Waals surface area contributed by atoms with Crippen LogP contribution < -0.4 is 11.1 Å². The highest BCUT2D eigenvalue weighted by atomic mass is 16.3. The second-order valence-electron chi connectivity index (χ2n) is 10.4. The monoisotopic (exact) mass is 513 g/mol. The van der Waals surface area contributed by atoms with Crippen molar-refractivity contribution in [1.82, 2.24) is 4.90 Å². The molecule has 1 saturated carbocycles. The second kappa shape index (κ2) is 9.83. The maximum absolute atomic E-state index is 13.8. The summed E-state index contributed by atoms with van der Waals surface area (Å²) in [5.41, 5.74) is 3.20. The number of likely N-dealkylation sites (N-methyl/N-ethyl adjacent to an activating group) is 1. The number of hydrogen-bond acceptors (Lipinski definition) is 9. The Kier molecular flexibility index (Phi) is 7.09. The molecule has 1 aromatic rings. The number of aliphatic hydroxyl groups excluding tert-OH is 2. The number of aromatic hydroxyl groups is 1. The molecule has 0 heterocycles. The van der Waals surface area contributed by atoms with Gasteiger partial charge >= 0.3 is 0 Å². The van der Waals surface area contributed by atoms with Crippen LogP contribution in [-0.2, 0) is 20.8 Å². The van der Waals surface area contributed by atoms with Gasteiger partial charge in [-0.05, 0) is 57.0 Å². The standard InChI is InChI=1S/C27H35N3O7/c1-4-5-6-7-10-29-16-8-9-17(31)19-14(16)11-13-12-15-21(30(2)3)23(33)20(26(28)36)25(35)27(15,37)24(34)18(13)22(19)32/h8-9,13,15,21,29,31-32,35,37H,4-7,10-12H2,1-3H3,(H2,28,36)/t13-,15-,21-,27-/m0/s1. The molecule has 0 saturated heterocycles. The Morgan fingerprint density at radius 3 is 2.49 bits per heavy atom. The van der Waals surface area contributed by atoms with Crippen LogP contribution in [-0.4, -0.2) is 75.1 Å². The van der Waals surface area contributed by atoms with E-state index in [2.05, 4.69) is 12.2 Å². The molecule has 4 rings (SSSR count). The van der Waals surface area contributed by atoms with E-state index in [0.29, 0.717) is 12.1 Å². The third kappa shape index (κ3) is 4.08. The van der Waals surface area contributed by atoms with Gasteiger partial charge in [0.25, 0.3) is 5.91 Å². The van der Waals surface area contributed by atoms with Crippen LogP contribution in [0, 0.1) is 11.8 Å². The first kappa shape index (κ1) is 26.7. The Morgan fingerprint density at radius 2 is 1.86 bits per heavy atom. The predicted molar refractivity (Wildman–Crippen MR) is 137 cm³/mol. The molecule has 10 nitrogen and oxygen atoms in total. The molecule has 0 aromatic heterocycles. The zero-order valence-electron chi connectivity index (χ0n) is 21.4. The highest BCUT2D eigenvalue weighted by Gasteiger charge is 2.64. The molecule has 3 aliphatic rings. The number of unbranched alkanes of at least 4 members (excludes halogenated alkanes) is 3. The molecule has 0 bridgehead atoms. The zero-order chi connectivity index (χ0) is 27.2. The lowest BCUT2D eigenvalue weighted by Crippen LogP contribution is -2.65. The lowest BCUT2D eigenvalue weighted by Gasteiger charge is -2.50. The smallest absolute Gasteiger partial charge is 0.255 e. The van der Waals surface area contributed by atoms with Gasteiger partial charge in [0, 0.05) is 23.7 Å². The summed E-state index contributed by atoms with van der Waals surface area (Å²) in [5.74, 6) is -6.50. The van der Waals surface area contributed by atoms with Crippen LogP contribution in [0.15, 0.2) is 29.0 Å². The minimum atomic E-state index is -2.63. The molecule has 0 aliphatic heterocycles. The number of phenols is 1. The molecule has 4 atom stereocenters. The van der Waals surface area contributed by atoms with Gasteiger partial charge in [0.1, 0.15) is 22.8 Å². The van der Waals surface area contributed by atoms with E-state index in [1.165, 1.54) is 11.0 Å². The number of benzene rings is 1. The number of ketones is 2. The number of amides is 1. The number of nitrogens with zero attached hydrogens (tertiary/aromatic N) is 1. The molecule has 0 unspecified atom stereocenters. The molecule has 1 aromatic carbocycles. The van der Waals surface area contributed by atoms with E-state index in [0.717, 1.165) is 31.4 Å². The van der Waals surface area contributed by atoms with Crippen LogP contribution in [0.4, 0.5) is 5.69 Å². The number of fused-ring (bicyclic) bond motifs is 3. The quantitative estimate of drug-likeness (QED) is 0.172. The second-order valence-corrected chi connectivity index (χ2v) is 10.4. The van der Waals surface area contributed by atoms with Crippen LogP contribution in [0.5, 0.6) is 5.75 Å². The molecule has 0 radical (unpaired) electrons. The van der Waals surface area contributed by atoms with Crippen LogP contribution in [0.25, 0.3) is 5.76 Å². The van der Waals surface area contributed by atoms with Crippen molar-refractivity contribution in [3.63, 3.8) is 0 Å². The molecule has 0 spiro atoms. The van der Waals surface area contributed by atoms with Crippen LogP contribution in [0.2, 0.25) is 0 Å². The fourth-order valence-electron chi connectivity index (χ4n) is 6.18. The number of carbonyl (C=O) groups is 3. The van der Waals surface area contributed by atoms with Crippen molar-refractivity contribution in [2.24, 2.45) is 17.6 Å². The highest BCUT2D eigenvalue weighted by molar-refractivity contribution is 6.24. The van der Waals surface area contributed by atoms with Crippen molar-refractivity contribution in [3.05, 3.63) is 40.2 Å². The van der Waals surface area contributed by atoms with Crippen molar-refractivity contribution in [1.29, 1.82) is 0 Å². The number of phenolic OH excluding ortho intramolecular Hbond substituents is 1. The Balaban J connectivity index is 1.82. The number of aliphatic hydroxyl groups is 3. The van der Waals surface area contributed by atoms with Gasteiger partial charge in [0.15, 0.2) is 11.4 Å². The van der Waals surface area contributed by atoms with E-state index in [1.807, 2.05) is 0 Å². The zero-order valence-corrected chi connectivity index (χ0v) is 21.4. The predicted octanol–water partition coefficient (Wildman–Crippen LogP) is 1.96. The fraction of sp³-hybridized carbons (Fsp3) is 0.519. The Labute approximate surface area is 215 Å². The van der Waals surface area contributed by atoms with E-state index in [4.69, 9.17) is 5.73 Å². The number of Topliss-reactive ketones (excluding diaryl/α,β-unsaturated/α-hetero) is 2. The van der Waals surface area contributed by atoms with Gasteiger partial charge in [0.2, 0.25) is 5.78 Å². The molecule has 3 aliphatic carbocycles. The first-order chi connectivity index (χ1) is 17.5.